The summed E-state index contributed by atoms with van der Waals surface area (Å²) in [5.41, 5.74) is 2.66. The molecule has 1 aliphatic heterocycles. The minimum absolute atomic E-state index is 0.0805. The Morgan fingerprint density at radius 1 is 1.03 bits per heavy atom. The van der Waals surface area contributed by atoms with Crippen molar-refractivity contribution >= 4 is 17.3 Å². The first-order valence-corrected chi connectivity index (χ1v) is 12.5. The molecular formula is C27H27F3N8O. The molecule has 2 aromatic heterocycles. The van der Waals surface area contributed by atoms with Gasteiger partial charge in [-0.2, -0.15) is 13.2 Å². The van der Waals surface area contributed by atoms with E-state index in [0.717, 1.165) is 37.3 Å². The molecule has 4 aromatic rings. The van der Waals surface area contributed by atoms with E-state index >= 15 is 0 Å². The van der Waals surface area contributed by atoms with Crippen molar-refractivity contribution in [1.82, 2.24) is 29.9 Å². The molecule has 1 saturated heterocycles. The quantitative estimate of drug-likeness (QED) is 0.389. The zero-order valence-electron chi connectivity index (χ0n) is 21.5. The molecule has 1 amide bonds. The van der Waals surface area contributed by atoms with Crippen LogP contribution in [0.3, 0.4) is 0 Å². The molecule has 3 heterocycles. The van der Waals surface area contributed by atoms with Gasteiger partial charge < -0.3 is 15.1 Å². The van der Waals surface area contributed by atoms with Crippen molar-refractivity contribution in [2.75, 3.05) is 42.9 Å². The number of piperazine rings is 1. The lowest BCUT2D eigenvalue weighted by molar-refractivity contribution is -0.137. The summed E-state index contributed by atoms with van der Waals surface area (Å²) in [6, 6.07) is 8.70. The van der Waals surface area contributed by atoms with Crippen molar-refractivity contribution in [2.45, 2.75) is 20.0 Å². The standard InChI is InChI=1S/C27H27F3N8O/c1-3-36-6-8-37(9-7-36)23-12-21(27(28,29)30)11-22(13-23)33-26(39)19-5-4-18(2)25(10-19)38-16-24(34-35-38)20-14-31-17-32-15-20/h4-5,10-17H,3,6-9H2,1-2H3,(H,33,39). The highest BCUT2D eigenvalue weighted by Gasteiger charge is 2.32. The van der Waals surface area contributed by atoms with Gasteiger partial charge in [0, 0.05) is 61.1 Å². The van der Waals surface area contributed by atoms with Gasteiger partial charge in [-0.05, 0) is 49.4 Å². The fourth-order valence-corrected chi connectivity index (χ4v) is 4.50. The summed E-state index contributed by atoms with van der Waals surface area (Å²) >= 11 is 0. The number of carbonyl (C=O) groups excluding carboxylic acids is 1. The van der Waals surface area contributed by atoms with Crippen LogP contribution < -0.4 is 10.2 Å². The lowest BCUT2D eigenvalue weighted by Gasteiger charge is -2.36. The van der Waals surface area contributed by atoms with E-state index in [1.807, 2.05) is 11.8 Å². The van der Waals surface area contributed by atoms with E-state index in [1.54, 1.807) is 42.9 Å². The molecular weight excluding hydrogens is 509 g/mol. The third-order valence-corrected chi connectivity index (χ3v) is 6.76. The fourth-order valence-electron chi connectivity index (χ4n) is 4.50. The first kappa shape index (κ1) is 26.3. The maximum atomic E-state index is 13.7. The van der Waals surface area contributed by atoms with Gasteiger partial charge >= 0.3 is 6.18 Å². The van der Waals surface area contributed by atoms with E-state index in [1.165, 1.54) is 11.0 Å². The van der Waals surface area contributed by atoms with Crippen LogP contribution in [-0.2, 0) is 6.18 Å². The van der Waals surface area contributed by atoms with Crippen LogP contribution in [0, 0.1) is 6.92 Å². The second-order valence-corrected chi connectivity index (χ2v) is 9.32. The fraction of sp³-hybridized carbons (Fsp3) is 0.296. The van der Waals surface area contributed by atoms with Crippen molar-refractivity contribution in [2.24, 2.45) is 0 Å². The highest BCUT2D eigenvalue weighted by molar-refractivity contribution is 6.05. The summed E-state index contributed by atoms with van der Waals surface area (Å²) in [5, 5.41) is 11.0. The zero-order chi connectivity index (χ0) is 27.6. The zero-order valence-corrected chi connectivity index (χ0v) is 21.5. The molecule has 202 valence electrons. The first-order chi connectivity index (χ1) is 18.7. The van der Waals surface area contributed by atoms with Crippen LogP contribution in [0.25, 0.3) is 16.9 Å². The van der Waals surface area contributed by atoms with Gasteiger partial charge in [0.15, 0.2) is 0 Å². The number of nitrogens with one attached hydrogen (secondary N) is 1. The summed E-state index contributed by atoms with van der Waals surface area (Å²) in [7, 11) is 0. The number of anilines is 2. The molecule has 2 aromatic carbocycles. The molecule has 0 atom stereocenters. The average molecular weight is 537 g/mol. The summed E-state index contributed by atoms with van der Waals surface area (Å²) in [6.45, 7) is 7.57. The monoisotopic (exact) mass is 536 g/mol. The smallest absolute Gasteiger partial charge is 0.369 e. The molecule has 0 spiro atoms. The van der Waals surface area contributed by atoms with Crippen molar-refractivity contribution in [3.8, 4) is 16.9 Å². The van der Waals surface area contributed by atoms with Gasteiger partial charge in [0.25, 0.3) is 5.91 Å². The Balaban J connectivity index is 1.40. The topological polar surface area (TPSA) is 92.1 Å². The summed E-state index contributed by atoms with van der Waals surface area (Å²) in [5.74, 6) is -0.533. The average Bonchev–Trinajstić information content (AvgIpc) is 3.43. The largest absolute Gasteiger partial charge is 0.416 e. The number of rotatable bonds is 6. The Bertz CT molecular complexity index is 1460. The van der Waals surface area contributed by atoms with Crippen LogP contribution in [-0.4, -0.2) is 68.5 Å². The van der Waals surface area contributed by atoms with Crippen LogP contribution in [0.2, 0.25) is 0 Å². The molecule has 1 fully saturated rings. The molecule has 0 radical (unpaired) electrons. The summed E-state index contributed by atoms with van der Waals surface area (Å²) < 4.78 is 42.8. The molecule has 12 heteroatoms. The van der Waals surface area contributed by atoms with Gasteiger partial charge in [-0.15, -0.1) is 5.10 Å². The van der Waals surface area contributed by atoms with Crippen LogP contribution in [0.1, 0.15) is 28.4 Å². The number of amides is 1. The van der Waals surface area contributed by atoms with E-state index in [9.17, 15) is 18.0 Å². The number of likely N-dealkylation sites (N-methyl/N-ethyl adjacent to an activating group) is 1. The van der Waals surface area contributed by atoms with E-state index < -0.39 is 17.6 Å². The number of aryl methyl sites for hydroxylation is 1. The summed E-state index contributed by atoms with van der Waals surface area (Å²) in [6.07, 6.45) is 1.79. The van der Waals surface area contributed by atoms with E-state index in [-0.39, 0.29) is 11.3 Å². The third-order valence-electron chi connectivity index (χ3n) is 6.76. The minimum atomic E-state index is -4.55. The Morgan fingerprint density at radius 3 is 2.46 bits per heavy atom. The number of aromatic nitrogens is 5. The van der Waals surface area contributed by atoms with E-state index in [0.29, 0.717) is 35.7 Å². The van der Waals surface area contributed by atoms with Crippen molar-refractivity contribution in [3.05, 3.63) is 78.0 Å². The van der Waals surface area contributed by atoms with Crippen LogP contribution in [0.15, 0.2) is 61.3 Å². The third kappa shape index (κ3) is 5.90. The number of nitrogens with zero attached hydrogens (tertiary/aromatic N) is 7. The predicted molar refractivity (Wildman–Crippen MR) is 141 cm³/mol. The second kappa shape index (κ2) is 10.8. The number of carbonyl (C=O) groups is 1. The Kier molecular flexibility index (Phi) is 7.29. The number of halogens is 3. The normalized spacial score (nSPS) is 14.4. The van der Waals surface area contributed by atoms with Crippen LogP contribution in [0.5, 0.6) is 0 Å². The number of benzene rings is 2. The van der Waals surface area contributed by atoms with Crippen molar-refractivity contribution in [3.63, 3.8) is 0 Å². The van der Waals surface area contributed by atoms with Gasteiger partial charge in [-0.3, -0.25) is 4.79 Å². The van der Waals surface area contributed by atoms with Crippen LogP contribution >= 0.6 is 0 Å². The number of alkyl halides is 3. The predicted octanol–water partition coefficient (Wildman–Crippen LogP) is 4.45. The lowest BCUT2D eigenvalue weighted by Crippen LogP contribution is -2.46. The summed E-state index contributed by atoms with van der Waals surface area (Å²) in [4.78, 5) is 25.3. The Hall–Kier alpha value is -4.32. The van der Waals surface area contributed by atoms with Gasteiger partial charge in [-0.25, -0.2) is 14.6 Å². The molecule has 0 unspecified atom stereocenters. The molecule has 1 aliphatic rings. The van der Waals surface area contributed by atoms with Gasteiger partial charge in [0.1, 0.15) is 12.0 Å². The molecule has 0 aliphatic carbocycles. The molecule has 5 rings (SSSR count). The molecule has 9 nitrogen and oxygen atoms in total. The molecule has 39 heavy (non-hydrogen) atoms. The molecule has 1 N–H and O–H groups in total. The maximum Gasteiger partial charge on any atom is 0.416 e. The molecule has 0 saturated carbocycles. The molecule has 0 bridgehead atoms. The second-order valence-electron chi connectivity index (χ2n) is 9.32. The highest BCUT2D eigenvalue weighted by Crippen LogP contribution is 2.35. The number of hydrogen-bond acceptors (Lipinski definition) is 7. The minimum Gasteiger partial charge on any atom is -0.369 e. The highest BCUT2D eigenvalue weighted by atomic mass is 19.4. The van der Waals surface area contributed by atoms with Gasteiger partial charge in [0.05, 0.1) is 17.4 Å². The van der Waals surface area contributed by atoms with Crippen LogP contribution in [0.4, 0.5) is 24.5 Å². The van der Waals surface area contributed by atoms with Crippen molar-refractivity contribution in [1.29, 1.82) is 0 Å². The SMILES string of the molecule is CCN1CCN(c2cc(NC(=O)c3ccc(C)c(-n4cc(-c5cncnc5)nn4)c3)cc(C(F)(F)F)c2)CC1. The van der Waals surface area contributed by atoms with E-state index in [4.69, 9.17) is 0 Å². The lowest BCUT2D eigenvalue weighted by atomic mass is 10.1. The van der Waals surface area contributed by atoms with Gasteiger partial charge in [0.2, 0.25) is 0 Å². The number of hydrogen-bond donors (Lipinski definition) is 1. The first-order valence-electron chi connectivity index (χ1n) is 12.5. The van der Waals surface area contributed by atoms with Gasteiger partial charge in [-0.1, -0.05) is 18.2 Å². The Morgan fingerprint density at radius 2 is 1.77 bits per heavy atom. The maximum absolute atomic E-state index is 13.7. The van der Waals surface area contributed by atoms with E-state index in [2.05, 4.69) is 37.4 Å². The van der Waals surface area contributed by atoms with Crippen molar-refractivity contribution < 1.29 is 18.0 Å². The Labute approximate surface area is 223 Å².